The van der Waals surface area contributed by atoms with E-state index in [1.54, 1.807) is 0 Å². The maximum atomic E-state index is 4.69. The van der Waals surface area contributed by atoms with E-state index in [-0.39, 0.29) is 0 Å². The average Bonchev–Trinajstić information content (AvgIpc) is 3.13. The number of pyridine rings is 1. The molecule has 5 nitrogen and oxygen atoms in total. The van der Waals surface area contributed by atoms with Crippen molar-refractivity contribution in [2.75, 3.05) is 7.05 Å². The fraction of sp³-hybridized carbons (Fsp3) is 0.227. The van der Waals surface area contributed by atoms with Crippen molar-refractivity contribution in [2.24, 2.45) is 0 Å². The first-order valence-corrected chi connectivity index (χ1v) is 9.24. The minimum Gasteiger partial charge on any atom is -0.295 e. The van der Waals surface area contributed by atoms with Crippen LogP contribution in [-0.4, -0.2) is 31.5 Å². The number of aromatic nitrogens is 4. The summed E-state index contributed by atoms with van der Waals surface area (Å²) in [6.07, 6.45) is 10.7. The smallest absolute Gasteiger partial charge is 0.162 e. The Morgan fingerprint density at radius 3 is 2.63 bits per heavy atom. The third-order valence-corrected chi connectivity index (χ3v) is 4.91. The Balaban J connectivity index is 1.58. The third-order valence-electron chi connectivity index (χ3n) is 4.91. The van der Waals surface area contributed by atoms with Crippen LogP contribution in [0, 0.1) is 0 Å². The lowest BCUT2D eigenvalue weighted by atomic mass is 10.1. The van der Waals surface area contributed by atoms with Crippen molar-refractivity contribution in [3.05, 3.63) is 84.6 Å². The van der Waals surface area contributed by atoms with Gasteiger partial charge in [0.25, 0.3) is 0 Å². The molecule has 1 atom stereocenters. The summed E-state index contributed by atoms with van der Waals surface area (Å²) in [6, 6.07) is 14.7. The van der Waals surface area contributed by atoms with Crippen LogP contribution in [0.3, 0.4) is 0 Å². The molecule has 0 saturated carbocycles. The number of rotatable bonds is 6. The van der Waals surface area contributed by atoms with Gasteiger partial charge in [0, 0.05) is 48.5 Å². The van der Waals surface area contributed by atoms with Crippen LogP contribution < -0.4 is 0 Å². The van der Waals surface area contributed by atoms with Gasteiger partial charge in [-0.1, -0.05) is 43.3 Å². The second-order valence-corrected chi connectivity index (χ2v) is 6.78. The molecule has 5 heteroatoms. The molecular weight excluding hydrogens is 334 g/mol. The standard InChI is InChI=1S/C22H23N5/c1-3-21(19-10-7-11-23-13-19)26(2)15-17-12-24-22-20(14-25-27(22)16-17)18-8-5-4-6-9-18/h4-14,16,21H,3,15H2,1-2H3/t21-/m1/s1. The van der Waals surface area contributed by atoms with Gasteiger partial charge in [-0.2, -0.15) is 5.10 Å². The molecule has 0 amide bonds. The van der Waals surface area contributed by atoms with E-state index in [0.717, 1.165) is 35.3 Å². The van der Waals surface area contributed by atoms with Crippen molar-refractivity contribution in [1.29, 1.82) is 0 Å². The highest BCUT2D eigenvalue weighted by Crippen LogP contribution is 2.25. The topological polar surface area (TPSA) is 46.3 Å². The maximum Gasteiger partial charge on any atom is 0.162 e. The Labute approximate surface area is 159 Å². The van der Waals surface area contributed by atoms with E-state index in [4.69, 9.17) is 0 Å². The van der Waals surface area contributed by atoms with Crippen molar-refractivity contribution in [2.45, 2.75) is 25.9 Å². The lowest BCUT2D eigenvalue weighted by molar-refractivity contribution is 0.229. The SMILES string of the molecule is CC[C@H](c1cccnc1)N(C)Cc1cnc2c(-c3ccccc3)cnn2c1. The Hall–Kier alpha value is -3.05. The van der Waals surface area contributed by atoms with Crippen LogP contribution in [0.15, 0.2) is 73.4 Å². The van der Waals surface area contributed by atoms with Gasteiger partial charge in [0.15, 0.2) is 5.65 Å². The van der Waals surface area contributed by atoms with Gasteiger partial charge in [-0.05, 0) is 30.7 Å². The molecule has 0 aliphatic rings. The molecule has 136 valence electrons. The summed E-state index contributed by atoms with van der Waals surface area (Å²) in [5.74, 6) is 0. The molecule has 0 aliphatic carbocycles. The van der Waals surface area contributed by atoms with E-state index < -0.39 is 0 Å². The van der Waals surface area contributed by atoms with Crippen molar-refractivity contribution >= 4 is 5.65 Å². The van der Waals surface area contributed by atoms with Gasteiger partial charge in [-0.25, -0.2) is 9.50 Å². The van der Waals surface area contributed by atoms with Crippen LogP contribution in [0.1, 0.15) is 30.5 Å². The van der Waals surface area contributed by atoms with Crippen LogP contribution in [0.2, 0.25) is 0 Å². The van der Waals surface area contributed by atoms with Crippen molar-refractivity contribution < 1.29 is 0 Å². The van der Waals surface area contributed by atoms with E-state index in [2.05, 4.69) is 58.3 Å². The normalized spacial score (nSPS) is 12.6. The largest absolute Gasteiger partial charge is 0.295 e. The molecule has 4 rings (SSSR count). The van der Waals surface area contributed by atoms with E-state index >= 15 is 0 Å². The molecule has 3 heterocycles. The molecule has 1 aromatic carbocycles. The van der Waals surface area contributed by atoms with E-state index in [1.165, 1.54) is 5.56 Å². The minimum absolute atomic E-state index is 0.326. The molecule has 0 aliphatic heterocycles. The zero-order chi connectivity index (χ0) is 18.6. The molecule has 3 aromatic heterocycles. The number of benzene rings is 1. The van der Waals surface area contributed by atoms with E-state index in [0.29, 0.717) is 6.04 Å². The first kappa shape index (κ1) is 17.4. The molecular formula is C22H23N5. The predicted molar refractivity (Wildman–Crippen MR) is 107 cm³/mol. The van der Waals surface area contributed by atoms with Gasteiger partial charge >= 0.3 is 0 Å². The number of nitrogens with zero attached hydrogens (tertiary/aromatic N) is 5. The lowest BCUT2D eigenvalue weighted by Gasteiger charge is -2.27. The summed E-state index contributed by atoms with van der Waals surface area (Å²) in [5.41, 5.74) is 5.44. The van der Waals surface area contributed by atoms with Gasteiger partial charge in [-0.15, -0.1) is 0 Å². The molecule has 0 bridgehead atoms. The predicted octanol–water partition coefficient (Wildman–Crippen LogP) is 4.37. The number of hydrogen-bond acceptors (Lipinski definition) is 4. The van der Waals surface area contributed by atoms with Crippen LogP contribution in [0.5, 0.6) is 0 Å². The molecule has 27 heavy (non-hydrogen) atoms. The third kappa shape index (κ3) is 3.59. The van der Waals surface area contributed by atoms with Gasteiger partial charge in [0.1, 0.15) is 0 Å². The average molecular weight is 357 g/mol. The van der Waals surface area contributed by atoms with Crippen molar-refractivity contribution in [3.8, 4) is 11.1 Å². The fourth-order valence-corrected chi connectivity index (χ4v) is 3.59. The zero-order valence-corrected chi connectivity index (χ0v) is 15.7. The Morgan fingerprint density at radius 2 is 1.89 bits per heavy atom. The molecule has 0 saturated heterocycles. The quantitative estimate of drug-likeness (QED) is 0.514. The summed E-state index contributed by atoms with van der Waals surface area (Å²) in [5, 5.41) is 4.51. The molecule has 4 aromatic rings. The highest BCUT2D eigenvalue weighted by Gasteiger charge is 2.16. The highest BCUT2D eigenvalue weighted by atomic mass is 15.2. The van der Waals surface area contributed by atoms with Crippen molar-refractivity contribution in [3.63, 3.8) is 0 Å². The van der Waals surface area contributed by atoms with Gasteiger partial charge in [0.05, 0.1) is 6.20 Å². The molecule has 0 spiro atoms. The van der Waals surface area contributed by atoms with Crippen LogP contribution in [0.4, 0.5) is 0 Å². The van der Waals surface area contributed by atoms with E-state index in [1.807, 2.05) is 53.6 Å². The summed E-state index contributed by atoms with van der Waals surface area (Å²) < 4.78 is 1.87. The first-order chi connectivity index (χ1) is 13.3. The van der Waals surface area contributed by atoms with Crippen LogP contribution in [-0.2, 0) is 6.54 Å². The first-order valence-electron chi connectivity index (χ1n) is 9.24. The van der Waals surface area contributed by atoms with Crippen LogP contribution >= 0.6 is 0 Å². The summed E-state index contributed by atoms with van der Waals surface area (Å²) in [4.78, 5) is 11.3. The Morgan fingerprint density at radius 1 is 1.04 bits per heavy atom. The zero-order valence-electron chi connectivity index (χ0n) is 15.7. The lowest BCUT2D eigenvalue weighted by Crippen LogP contribution is -2.24. The minimum atomic E-state index is 0.326. The van der Waals surface area contributed by atoms with E-state index in [9.17, 15) is 0 Å². The molecule has 0 N–H and O–H groups in total. The summed E-state index contributed by atoms with van der Waals surface area (Å²) in [7, 11) is 2.14. The summed E-state index contributed by atoms with van der Waals surface area (Å²) in [6.45, 7) is 3.01. The summed E-state index contributed by atoms with van der Waals surface area (Å²) >= 11 is 0. The number of hydrogen-bond donors (Lipinski definition) is 0. The highest BCUT2D eigenvalue weighted by molar-refractivity contribution is 5.76. The Bertz CT molecular complexity index is 1010. The van der Waals surface area contributed by atoms with Gasteiger partial charge in [-0.3, -0.25) is 9.88 Å². The molecule has 0 unspecified atom stereocenters. The van der Waals surface area contributed by atoms with Crippen LogP contribution in [0.25, 0.3) is 16.8 Å². The molecule has 0 fully saturated rings. The second kappa shape index (κ2) is 7.68. The monoisotopic (exact) mass is 357 g/mol. The fourth-order valence-electron chi connectivity index (χ4n) is 3.59. The maximum absolute atomic E-state index is 4.69. The van der Waals surface area contributed by atoms with Gasteiger partial charge in [0.2, 0.25) is 0 Å². The Kier molecular flexibility index (Phi) is 4.94. The van der Waals surface area contributed by atoms with Crippen molar-refractivity contribution in [1.82, 2.24) is 24.5 Å². The number of fused-ring (bicyclic) bond motifs is 1. The molecule has 0 radical (unpaired) electrons. The second-order valence-electron chi connectivity index (χ2n) is 6.78. The van der Waals surface area contributed by atoms with Gasteiger partial charge < -0.3 is 0 Å².